The first-order valence-corrected chi connectivity index (χ1v) is 7.21. The van der Waals surface area contributed by atoms with E-state index >= 15 is 0 Å². The Kier molecular flexibility index (Phi) is 3.39. The van der Waals surface area contributed by atoms with Crippen molar-refractivity contribution < 1.29 is 4.74 Å². The molecule has 1 aliphatic rings. The Labute approximate surface area is 120 Å². The van der Waals surface area contributed by atoms with Crippen molar-refractivity contribution in [3.05, 3.63) is 47.0 Å². The molecule has 2 nitrogen and oxygen atoms in total. The van der Waals surface area contributed by atoms with Crippen LogP contribution in [-0.2, 0) is 6.42 Å². The molecule has 20 heavy (non-hydrogen) atoms. The van der Waals surface area contributed by atoms with Crippen LogP contribution in [0.3, 0.4) is 0 Å². The fourth-order valence-electron chi connectivity index (χ4n) is 2.95. The Hall–Kier alpha value is -1.96. The summed E-state index contributed by atoms with van der Waals surface area (Å²) in [5.41, 5.74) is 7.73. The second kappa shape index (κ2) is 5.20. The number of hydrogen-bond acceptors (Lipinski definition) is 2. The molecule has 1 aliphatic heterocycles. The molecule has 0 spiro atoms. The van der Waals surface area contributed by atoms with E-state index < -0.39 is 0 Å². The van der Waals surface area contributed by atoms with Crippen molar-refractivity contribution in [2.75, 3.05) is 19.0 Å². The molecule has 2 heteroatoms. The smallest absolute Gasteiger partial charge is 0.122 e. The van der Waals surface area contributed by atoms with E-state index in [1.54, 1.807) is 7.11 Å². The minimum absolute atomic E-state index is 0.960. The number of nitrogens with one attached hydrogen (secondary N) is 1. The van der Waals surface area contributed by atoms with Crippen LogP contribution < -0.4 is 10.1 Å². The second-order valence-corrected chi connectivity index (χ2v) is 5.54. The molecule has 0 amide bonds. The first-order chi connectivity index (χ1) is 9.69. The largest absolute Gasteiger partial charge is 0.496 e. The van der Waals surface area contributed by atoms with Gasteiger partial charge in [-0.05, 0) is 72.7 Å². The highest BCUT2D eigenvalue weighted by molar-refractivity contribution is 5.74. The zero-order chi connectivity index (χ0) is 14.1. The Bertz CT molecular complexity index is 646. The first-order valence-electron chi connectivity index (χ1n) is 7.21. The third kappa shape index (κ3) is 2.26. The van der Waals surface area contributed by atoms with Gasteiger partial charge >= 0.3 is 0 Å². The summed E-state index contributed by atoms with van der Waals surface area (Å²) in [6, 6.07) is 11.1. The van der Waals surface area contributed by atoms with Crippen molar-refractivity contribution in [3.63, 3.8) is 0 Å². The van der Waals surface area contributed by atoms with E-state index in [-0.39, 0.29) is 0 Å². The SMILES string of the molecule is COc1cc(C)c(-c2ccc3c(c2)NCCC3)cc1C. The molecular formula is C18H21NO. The van der Waals surface area contributed by atoms with E-state index in [1.807, 2.05) is 0 Å². The number of hydrogen-bond donors (Lipinski definition) is 1. The van der Waals surface area contributed by atoms with Gasteiger partial charge in [0.25, 0.3) is 0 Å². The van der Waals surface area contributed by atoms with E-state index in [1.165, 1.54) is 46.3 Å². The lowest BCUT2D eigenvalue weighted by molar-refractivity contribution is 0.411. The van der Waals surface area contributed by atoms with Crippen molar-refractivity contribution in [1.29, 1.82) is 0 Å². The molecule has 0 bridgehead atoms. The lowest BCUT2D eigenvalue weighted by atomic mass is 9.94. The first kappa shape index (κ1) is 13.0. The maximum atomic E-state index is 5.39. The van der Waals surface area contributed by atoms with Gasteiger partial charge in [-0.15, -0.1) is 0 Å². The van der Waals surface area contributed by atoms with Crippen molar-refractivity contribution in [1.82, 2.24) is 0 Å². The van der Waals surface area contributed by atoms with Crippen LogP contribution in [0, 0.1) is 13.8 Å². The van der Waals surface area contributed by atoms with Gasteiger partial charge in [-0.3, -0.25) is 0 Å². The van der Waals surface area contributed by atoms with E-state index in [2.05, 4.69) is 49.5 Å². The summed E-state index contributed by atoms with van der Waals surface area (Å²) >= 11 is 0. The van der Waals surface area contributed by atoms with E-state index in [4.69, 9.17) is 4.74 Å². The van der Waals surface area contributed by atoms with Gasteiger partial charge in [0, 0.05) is 12.2 Å². The maximum absolute atomic E-state index is 5.39. The topological polar surface area (TPSA) is 21.3 Å². The van der Waals surface area contributed by atoms with Gasteiger partial charge in [0.2, 0.25) is 0 Å². The van der Waals surface area contributed by atoms with Crippen LogP contribution in [0.1, 0.15) is 23.1 Å². The van der Waals surface area contributed by atoms with Gasteiger partial charge in [0.05, 0.1) is 7.11 Å². The minimum atomic E-state index is 0.960. The van der Waals surface area contributed by atoms with Gasteiger partial charge < -0.3 is 10.1 Å². The summed E-state index contributed by atoms with van der Waals surface area (Å²) in [5, 5.41) is 3.50. The standard InChI is InChI=1S/C18H21NO/c1-12-10-18(20-3)13(2)9-16(12)15-7-6-14-5-4-8-19-17(14)11-15/h6-7,9-11,19H,4-5,8H2,1-3H3. The van der Waals surface area contributed by atoms with Crippen LogP contribution >= 0.6 is 0 Å². The minimum Gasteiger partial charge on any atom is -0.496 e. The zero-order valence-electron chi connectivity index (χ0n) is 12.4. The van der Waals surface area contributed by atoms with Gasteiger partial charge in [-0.2, -0.15) is 0 Å². The van der Waals surface area contributed by atoms with Gasteiger partial charge in [0.15, 0.2) is 0 Å². The molecule has 104 valence electrons. The number of rotatable bonds is 2. The Morgan fingerprint density at radius 1 is 1.05 bits per heavy atom. The van der Waals surface area contributed by atoms with Crippen LogP contribution in [0.25, 0.3) is 11.1 Å². The molecule has 0 saturated heterocycles. The summed E-state index contributed by atoms with van der Waals surface area (Å²) in [6.45, 7) is 5.32. The van der Waals surface area contributed by atoms with Crippen LogP contribution in [0.4, 0.5) is 5.69 Å². The molecule has 0 unspecified atom stereocenters. The third-order valence-electron chi connectivity index (χ3n) is 4.10. The van der Waals surface area contributed by atoms with Gasteiger partial charge in [-0.25, -0.2) is 0 Å². The fraction of sp³-hybridized carbons (Fsp3) is 0.333. The molecular weight excluding hydrogens is 246 g/mol. The molecule has 0 radical (unpaired) electrons. The molecule has 1 N–H and O–H groups in total. The average Bonchev–Trinajstić information content (AvgIpc) is 2.48. The van der Waals surface area contributed by atoms with E-state index in [9.17, 15) is 0 Å². The number of aryl methyl sites for hydroxylation is 3. The third-order valence-corrected chi connectivity index (χ3v) is 4.10. The normalized spacial score (nSPS) is 13.6. The highest BCUT2D eigenvalue weighted by Gasteiger charge is 2.12. The highest BCUT2D eigenvalue weighted by atomic mass is 16.5. The molecule has 2 aromatic carbocycles. The monoisotopic (exact) mass is 267 g/mol. The van der Waals surface area contributed by atoms with Crippen LogP contribution in [0.2, 0.25) is 0 Å². The molecule has 0 atom stereocenters. The zero-order valence-corrected chi connectivity index (χ0v) is 12.4. The Balaban J connectivity index is 2.07. The van der Waals surface area contributed by atoms with E-state index in [0.29, 0.717) is 0 Å². The summed E-state index contributed by atoms with van der Waals surface area (Å²) in [4.78, 5) is 0. The molecule has 2 aromatic rings. The fourth-order valence-corrected chi connectivity index (χ4v) is 2.95. The lowest BCUT2D eigenvalue weighted by Gasteiger charge is -2.19. The van der Waals surface area contributed by atoms with E-state index in [0.717, 1.165) is 12.3 Å². The maximum Gasteiger partial charge on any atom is 0.122 e. The van der Waals surface area contributed by atoms with Gasteiger partial charge in [-0.1, -0.05) is 12.1 Å². The molecule has 0 aromatic heterocycles. The lowest BCUT2D eigenvalue weighted by Crippen LogP contribution is -2.11. The summed E-state index contributed by atoms with van der Waals surface area (Å²) < 4.78 is 5.39. The predicted molar refractivity (Wildman–Crippen MR) is 84.7 cm³/mol. The number of anilines is 1. The predicted octanol–water partition coefficient (Wildman–Crippen LogP) is 4.34. The highest BCUT2D eigenvalue weighted by Crippen LogP contribution is 2.33. The molecule has 0 saturated carbocycles. The quantitative estimate of drug-likeness (QED) is 0.874. The summed E-state index contributed by atoms with van der Waals surface area (Å²) in [5.74, 6) is 0.960. The molecule has 1 heterocycles. The van der Waals surface area contributed by atoms with Crippen molar-refractivity contribution in [2.24, 2.45) is 0 Å². The molecule has 3 rings (SSSR count). The summed E-state index contributed by atoms with van der Waals surface area (Å²) in [6.07, 6.45) is 2.41. The average molecular weight is 267 g/mol. The number of fused-ring (bicyclic) bond motifs is 1. The molecule has 0 aliphatic carbocycles. The van der Waals surface area contributed by atoms with Crippen LogP contribution in [0.5, 0.6) is 5.75 Å². The van der Waals surface area contributed by atoms with Crippen molar-refractivity contribution in [3.8, 4) is 16.9 Å². The van der Waals surface area contributed by atoms with Crippen LogP contribution in [-0.4, -0.2) is 13.7 Å². The van der Waals surface area contributed by atoms with Crippen molar-refractivity contribution in [2.45, 2.75) is 26.7 Å². The number of benzene rings is 2. The Morgan fingerprint density at radius 2 is 1.90 bits per heavy atom. The van der Waals surface area contributed by atoms with Crippen LogP contribution in [0.15, 0.2) is 30.3 Å². The van der Waals surface area contributed by atoms with Crippen molar-refractivity contribution >= 4 is 5.69 Å². The number of methoxy groups -OCH3 is 1. The number of ether oxygens (including phenoxy) is 1. The Morgan fingerprint density at radius 3 is 2.70 bits per heavy atom. The molecule has 0 fully saturated rings. The second-order valence-electron chi connectivity index (χ2n) is 5.54. The van der Waals surface area contributed by atoms with Gasteiger partial charge in [0.1, 0.15) is 5.75 Å². The summed E-state index contributed by atoms with van der Waals surface area (Å²) in [7, 11) is 1.73.